The fraction of sp³-hybridized carbons (Fsp3) is 0.571. The van der Waals surface area contributed by atoms with Gasteiger partial charge < -0.3 is 4.90 Å². The molecule has 1 aromatic rings. The van der Waals surface area contributed by atoms with Crippen LogP contribution < -0.4 is 4.72 Å². The highest BCUT2D eigenvalue weighted by atomic mass is 32.2. The molecule has 1 aliphatic carbocycles. The van der Waals surface area contributed by atoms with Gasteiger partial charge in [-0.2, -0.15) is 0 Å². The van der Waals surface area contributed by atoms with Gasteiger partial charge in [0.2, 0.25) is 10.0 Å². The Kier molecular flexibility index (Phi) is 5.12. The van der Waals surface area contributed by atoms with Crippen LogP contribution in [-0.4, -0.2) is 39.5 Å². The van der Waals surface area contributed by atoms with Crippen molar-refractivity contribution >= 4 is 10.0 Å². The van der Waals surface area contributed by atoms with E-state index in [1.54, 1.807) is 0 Å². The molecular weight excluding hydrogens is 279 g/mol. The number of nitrogens with zero attached hydrogens (tertiary/aromatic N) is 1. The molecule has 20 heavy (non-hydrogen) atoms. The molecule has 6 heteroatoms. The number of sulfonamides is 1. The van der Waals surface area contributed by atoms with E-state index in [0.29, 0.717) is 19.1 Å². The molecule has 1 N–H and O–H groups in total. The Labute approximate surface area is 120 Å². The van der Waals surface area contributed by atoms with Crippen molar-refractivity contribution in [2.45, 2.75) is 36.6 Å². The third kappa shape index (κ3) is 4.01. The zero-order valence-electron chi connectivity index (χ0n) is 11.7. The summed E-state index contributed by atoms with van der Waals surface area (Å²) in [5, 5.41) is 0. The van der Waals surface area contributed by atoms with Crippen molar-refractivity contribution in [2.75, 3.05) is 20.1 Å². The van der Waals surface area contributed by atoms with Gasteiger partial charge in [-0.15, -0.1) is 0 Å². The highest BCUT2D eigenvalue weighted by molar-refractivity contribution is 7.89. The summed E-state index contributed by atoms with van der Waals surface area (Å²) in [5.41, 5.74) is 0. The molecule has 1 saturated carbocycles. The molecule has 0 amide bonds. The van der Waals surface area contributed by atoms with Crippen LogP contribution in [0.2, 0.25) is 0 Å². The molecule has 2 rings (SSSR count). The van der Waals surface area contributed by atoms with Crippen LogP contribution in [0.25, 0.3) is 0 Å². The van der Waals surface area contributed by atoms with Crippen molar-refractivity contribution in [3.05, 3.63) is 30.1 Å². The second-order valence-corrected chi connectivity index (χ2v) is 7.04. The average molecular weight is 300 g/mol. The first-order valence-corrected chi connectivity index (χ1v) is 8.43. The van der Waals surface area contributed by atoms with Crippen molar-refractivity contribution in [2.24, 2.45) is 0 Å². The average Bonchev–Trinajstić information content (AvgIpc) is 2.93. The largest absolute Gasteiger partial charge is 0.302 e. The van der Waals surface area contributed by atoms with E-state index < -0.39 is 15.8 Å². The molecule has 4 nitrogen and oxygen atoms in total. The Morgan fingerprint density at radius 1 is 1.25 bits per heavy atom. The molecule has 0 radical (unpaired) electrons. The van der Waals surface area contributed by atoms with Crippen LogP contribution in [0.4, 0.5) is 4.39 Å². The summed E-state index contributed by atoms with van der Waals surface area (Å²) in [4.78, 5) is 2.31. The Morgan fingerprint density at radius 3 is 2.45 bits per heavy atom. The first kappa shape index (κ1) is 15.4. The molecule has 0 unspecified atom stereocenters. The summed E-state index contributed by atoms with van der Waals surface area (Å²) in [6.45, 7) is 1.05. The van der Waals surface area contributed by atoms with E-state index in [1.165, 1.54) is 37.8 Å². The molecule has 0 heterocycles. The van der Waals surface area contributed by atoms with Gasteiger partial charge in [-0.1, -0.05) is 12.8 Å². The van der Waals surface area contributed by atoms with E-state index in [0.717, 1.165) is 12.1 Å². The number of rotatable bonds is 6. The topological polar surface area (TPSA) is 49.4 Å². The van der Waals surface area contributed by atoms with Crippen LogP contribution >= 0.6 is 0 Å². The van der Waals surface area contributed by atoms with Crippen LogP contribution in [0.1, 0.15) is 25.7 Å². The number of benzene rings is 1. The van der Waals surface area contributed by atoms with Gasteiger partial charge in [0.25, 0.3) is 0 Å². The minimum atomic E-state index is -3.54. The monoisotopic (exact) mass is 300 g/mol. The van der Waals surface area contributed by atoms with Crippen molar-refractivity contribution in [3.8, 4) is 0 Å². The normalized spacial score (nSPS) is 16.9. The van der Waals surface area contributed by atoms with Gasteiger partial charge in [-0.3, -0.25) is 0 Å². The van der Waals surface area contributed by atoms with E-state index >= 15 is 0 Å². The van der Waals surface area contributed by atoms with Gasteiger partial charge in [0, 0.05) is 19.1 Å². The smallest absolute Gasteiger partial charge is 0.240 e. The fourth-order valence-corrected chi connectivity index (χ4v) is 3.60. The molecule has 1 aromatic carbocycles. The first-order chi connectivity index (χ1) is 9.49. The molecule has 1 aliphatic rings. The molecule has 0 aliphatic heterocycles. The zero-order chi connectivity index (χ0) is 14.6. The van der Waals surface area contributed by atoms with Crippen molar-refractivity contribution < 1.29 is 12.8 Å². The lowest BCUT2D eigenvalue weighted by Gasteiger charge is -2.23. The minimum absolute atomic E-state index is 0.0995. The minimum Gasteiger partial charge on any atom is -0.302 e. The summed E-state index contributed by atoms with van der Waals surface area (Å²) in [7, 11) is -1.51. The second kappa shape index (κ2) is 6.65. The van der Waals surface area contributed by atoms with Gasteiger partial charge >= 0.3 is 0 Å². The van der Waals surface area contributed by atoms with Gasteiger partial charge in [0.15, 0.2) is 0 Å². The predicted molar refractivity (Wildman–Crippen MR) is 76.5 cm³/mol. The van der Waals surface area contributed by atoms with E-state index in [-0.39, 0.29) is 4.90 Å². The number of likely N-dealkylation sites (N-methyl/N-ethyl adjacent to an activating group) is 1. The van der Waals surface area contributed by atoms with E-state index in [1.807, 2.05) is 7.05 Å². The van der Waals surface area contributed by atoms with E-state index in [4.69, 9.17) is 0 Å². The van der Waals surface area contributed by atoms with Gasteiger partial charge in [-0.05, 0) is 44.2 Å². The van der Waals surface area contributed by atoms with Crippen LogP contribution in [0.3, 0.4) is 0 Å². The van der Waals surface area contributed by atoms with Gasteiger partial charge in [-0.25, -0.2) is 17.5 Å². The third-order valence-corrected chi connectivity index (χ3v) is 5.31. The zero-order valence-corrected chi connectivity index (χ0v) is 12.5. The van der Waals surface area contributed by atoms with Crippen molar-refractivity contribution in [1.29, 1.82) is 0 Å². The van der Waals surface area contributed by atoms with Crippen LogP contribution in [0, 0.1) is 5.82 Å². The Hall–Kier alpha value is -0.980. The third-order valence-electron chi connectivity index (χ3n) is 3.83. The number of hydrogen-bond donors (Lipinski definition) is 1. The Balaban J connectivity index is 1.84. The second-order valence-electron chi connectivity index (χ2n) is 5.27. The van der Waals surface area contributed by atoms with E-state index in [2.05, 4.69) is 9.62 Å². The summed E-state index contributed by atoms with van der Waals surface area (Å²) >= 11 is 0. The first-order valence-electron chi connectivity index (χ1n) is 6.94. The van der Waals surface area contributed by atoms with Crippen molar-refractivity contribution in [1.82, 2.24) is 9.62 Å². The summed E-state index contributed by atoms with van der Waals surface area (Å²) in [6, 6.07) is 5.43. The lowest BCUT2D eigenvalue weighted by molar-refractivity contribution is 0.250. The van der Waals surface area contributed by atoms with E-state index in [9.17, 15) is 12.8 Å². The summed E-state index contributed by atoms with van der Waals surface area (Å²) in [5.74, 6) is -0.440. The number of hydrogen-bond acceptors (Lipinski definition) is 3. The summed E-state index contributed by atoms with van der Waals surface area (Å²) in [6.07, 6.45) is 4.91. The Bertz CT molecular complexity index is 525. The maximum absolute atomic E-state index is 12.8. The number of nitrogens with one attached hydrogen (secondary N) is 1. The molecular formula is C14H21FN2O2S. The lowest BCUT2D eigenvalue weighted by Crippen LogP contribution is -2.37. The number of halogens is 1. The molecule has 0 spiro atoms. The Morgan fingerprint density at radius 2 is 1.85 bits per heavy atom. The molecule has 0 atom stereocenters. The maximum atomic E-state index is 12.8. The molecule has 112 valence electrons. The highest BCUT2D eigenvalue weighted by Gasteiger charge is 2.20. The van der Waals surface area contributed by atoms with Crippen LogP contribution in [0.5, 0.6) is 0 Å². The summed E-state index contributed by atoms with van der Waals surface area (Å²) < 4.78 is 39.3. The maximum Gasteiger partial charge on any atom is 0.240 e. The molecule has 0 aromatic heterocycles. The molecule has 1 fully saturated rings. The molecule has 0 saturated heterocycles. The quantitative estimate of drug-likeness (QED) is 0.874. The fourth-order valence-electron chi connectivity index (χ4n) is 2.58. The SMILES string of the molecule is CN(CCNS(=O)(=O)c1ccc(F)cc1)C1CCCC1. The predicted octanol–water partition coefficient (Wildman–Crippen LogP) is 1.98. The highest BCUT2D eigenvalue weighted by Crippen LogP contribution is 2.21. The standard InChI is InChI=1S/C14H21FN2O2S/c1-17(13-4-2-3-5-13)11-10-16-20(18,19)14-8-6-12(15)7-9-14/h6-9,13,16H,2-5,10-11H2,1H3. The van der Waals surface area contributed by atoms with Gasteiger partial charge in [0.1, 0.15) is 5.82 Å². The van der Waals surface area contributed by atoms with Gasteiger partial charge in [0.05, 0.1) is 4.90 Å². The van der Waals surface area contributed by atoms with Crippen LogP contribution in [0.15, 0.2) is 29.2 Å². The van der Waals surface area contributed by atoms with Crippen LogP contribution in [-0.2, 0) is 10.0 Å². The molecule has 0 bridgehead atoms. The lowest BCUT2D eigenvalue weighted by atomic mass is 10.2. The van der Waals surface area contributed by atoms with Crippen molar-refractivity contribution in [3.63, 3.8) is 0 Å².